The first kappa shape index (κ1) is 12.3. The number of carbonyl (C=O) groups excluding carboxylic acids is 1. The molecule has 2 aromatic heterocycles. The molecular formula is C13H16N4OS. The Hall–Kier alpha value is -1.69. The van der Waals surface area contributed by atoms with Gasteiger partial charge in [0.05, 0.1) is 10.2 Å². The summed E-state index contributed by atoms with van der Waals surface area (Å²) in [5.41, 5.74) is 2.25. The van der Waals surface area contributed by atoms with E-state index in [2.05, 4.69) is 27.2 Å². The molecule has 0 N–H and O–H groups in total. The van der Waals surface area contributed by atoms with Gasteiger partial charge in [0.25, 0.3) is 0 Å². The van der Waals surface area contributed by atoms with Gasteiger partial charge in [-0.05, 0) is 17.9 Å². The van der Waals surface area contributed by atoms with Gasteiger partial charge in [0.1, 0.15) is 12.1 Å². The highest BCUT2D eigenvalue weighted by atomic mass is 32.1. The lowest BCUT2D eigenvalue weighted by Gasteiger charge is -2.34. The second kappa shape index (κ2) is 4.77. The Morgan fingerprint density at radius 2 is 2.00 bits per heavy atom. The number of rotatable bonds is 1. The monoisotopic (exact) mass is 276 g/mol. The van der Waals surface area contributed by atoms with E-state index in [4.69, 9.17) is 0 Å². The molecule has 0 spiro atoms. The molecule has 19 heavy (non-hydrogen) atoms. The topological polar surface area (TPSA) is 49.3 Å². The van der Waals surface area contributed by atoms with E-state index >= 15 is 0 Å². The van der Waals surface area contributed by atoms with Gasteiger partial charge in [-0.15, -0.1) is 11.3 Å². The molecule has 1 saturated heterocycles. The minimum Gasteiger partial charge on any atom is -0.352 e. The van der Waals surface area contributed by atoms with E-state index < -0.39 is 0 Å². The van der Waals surface area contributed by atoms with Gasteiger partial charge in [0.15, 0.2) is 0 Å². The van der Waals surface area contributed by atoms with Crippen molar-refractivity contribution < 1.29 is 4.79 Å². The number of hydrogen-bond donors (Lipinski definition) is 0. The van der Waals surface area contributed by atoms with Crippen LogP contribution >= 0.6 is 11.3 Å². The molecule has 3 rings (SSSR count). The van der Waals surface area contributed by atoms with Crippen LogP contribution in [0.5, 0.6) is 0 Å². The Labute approximate surface area is 115 Å². The smallest absolute Gasteiger partial charge is 0.219 e. The second-order valence-corrected chi connectivity index (χ2v) is 5.67. The molecule has 0 bridgehead atoms. The van der Waals surface area contributed by atoms with E-state index in [0.29, 0.717) is 0 Å². The van der Waals surface area contributed by atoms with Crippen molar-refractivity contribution in [3.63, 3.8) is 0 Å². The summed E-state index contributed by atoms with van der Waals surface area (Å²) >= 11 is 1.69. The molecule has 0 saturated carbocycles. The van der Waals surface area contributed by atoms with Gasteiger partial charge < -0.3 is 9.80 Å². The first-order valence-corrected chi connectivity index (χ1v) is 7.24. The largest absolute Gasteiger partial charge is 0.352 e. The first-order chi connectivity index (χ1) is 9.16. The summed E-state index contributed by atoms with van der Waals surface area (Å²) in [5, 5.41) is 2.12. The van der Waals surface area contributed by atoms with Gasteiger partial charge >= 0.3 is 0 Å². The zero-order valence-corrected chi connectivity index (χ0v) is 11.9. The highest BCUT2D eigenvalue weighted by Gasteiger charge is 2.21. The maximum Gasteiger partial charge on any atom is 0.219 e. The number of carbonyl (C=O) groups is 1. The third-order valence-electron chi connectivity index (χ3n) is 3.54. The van der Waals surface area contributed by atoms with Crippen LogP contribution in [0.1, 0.15) is 12.5 Å². The Morgan fingerprint density at radius 1 is 1.26 bits per heavy atom. The Morgan fingerprint density at radius 3 is 2.68 bits per heavy atom. The predicted octanol–water partition coefficient (Wildman–Crippen LogP) is 1.67. The molecule has 5 nitrogen and oxygen atoms in total. The molecule has 0 radical (unpaired) electrons. The Balaban J connectivity index is 1.88. The molecule has 0 aromatic carbocycles. The Bertz CT molecular complexity index is 616. The van der Waals surface area contributed by atoms with Gasteiger partial charge in [-0.1, -0.05) is 0 Å². The highest BCUT2D eigenvalue weighted by molar-refractivity contribution is 7.18. The van der Waals surface area contributed by atoms with Gasteiger partial charge in [0.2, 0.25) is 5.91 Å². The van der Waals surface area contributed by atoms with E-state index in [0.717, 1.165) is 42.2 Å². The number of piperazine rings is 1. The number of aryl methyl sites for hydroxylation is 1. The van der Waals surface area contributed by atoms with Crippen LogP contribution in [0.15, 0.2) is 11.7 Å². The molecule has 1 aliphatic heterocycles. The van der Waals surface area contributed by atoms with Crippen molar-refractivity contribution in [2.45, 2.75) is 13.8 Å². The fraction of sp³-hybridized carbons (Fsp3) is 0.462. The zero-order chi connectivity index (χ0) is 13.4. The first-order valence-electron chi connectivity index (χ1n) is 6.36. The molecule has 0 aliphatic carbocycles. The van der Waals surface area contributed by atoms with Crippen LogP contribution in [-0.4, -0.2) is 47.0 Å². The van der Waals surface area contributed by atoms with Gasteiger partial charge in [0, 0.05) is 33.1 Å². The number of fused-ring (bicyclic) bond motifs is 1. The lowest BCUT2D eigenvalue weighted by Crippen LogP contribution is -2.48. The van der Waals surface area contributed by atoms with Crippen LogP contribution in [0, 0.1) is 6.92 Å². The molecule has 1 aliphatic rings. The summed E-state index contributed by atoms with van der Waals surface area (Å²) in [4.78, 5) is 24.3. The zero-order valence-electron chi connectivity index (χ0n) is 11.1. The van der Waals surface area contributed by atoms with Crippen LogP contribution in [-0.2, 0) is 4.79 Å². The number of hydrogen-bond acceptors (Lipinski definition) is 5. The number of nitrogens with zero attached hydrogens (tertiary/aromatic N) is 4. The van der Waals surface area contributed by atoms with Gasteiger partial charge in [-0.25, -0.2) is 9.97 Å². The van der Waals surface area contributed by atoms with Crippen molar-refractivity contribution in [1.82, 2.24) is 14.9 Å². The molecule has 1 amide bonds. The van der Waals surface area contributed by atoms with Crippen molar-refractivity contribution in [2.24, 2.45) is 0 Å². The lowest BCUT2D eigenvalue weighted by molar-refractivity contribution is -0.129. The van der Waals surface area contributed by atoms with Crippen LogP contribution in [0.4, 0.5) is 5.82 Å². The van der Waals surface area contributed by atoms with Crippen LogP contribution in [0.3, 0.4) is 0 Å². The van der Waals surface area contributed by atoms with Crippen LogP contribution in [0.25, 0.3) is 10.2 Å². The summed E-state index contributed by atoms with van der Waals surface area (Å²) < 4.78 is 1.15. The van der Waals surface area contributed by atoms with Crippen molar-refractivity contribution in [2.75, 3.05) is 31.1 Å². The number of thiophene rings is 1. The number of aromatic nitrogens is 2. The fourth-order valence-corrected chi connectivity index (χ4v) is 3.43. The minimum atomic E-state index is 0.152. The molecule has 0 atom stereocenters. The average Bonchev–Trinajstić information content (AvgIpc) is 2.81. The third-order valence-corrected chi connectivity index (χ3v) is 4.62. The molecule has 1 fully saturated rings. The number of anilines is 1. The van der Waals surface area contributed by atoms with Crippen molar-refractivity contribution in [1.29, 1.82) is 0 Å². The molecule has 3 heterocycles. The van der Waals surface area contributed by atoms with Gasteiger partial charge in [-0.2, -0.15) is 0 Å². The molecule has 2 aromatic rings. The van der Waals surface area contributed by atoms with E-state index in [9.17, 15) is 4.79 Å². The SMILES string of the molecule is CC(=O)N1CCN(c2ncnc3c(C)csc23)CC1. The third kappa shape index (κ3) is 2.16. The van der Waals surface area contributed by atoms with E-state index in [-0.39, 0.29) is 5.91 Å². The molecule has 6 heteroatoms. The molecular weight excluding hydrogens is 260 g/mol. The summed E-state index contributed by atoms with van der Waals surface area (Å²) in [6.45, 7) is 6.91. The average molecular weight is 276 g/mol. The fourth-order valence-electron chi connectivity index (χ4n) is 2.42. The van der Waals surface area contributed by atoms with Crippen LogP contribution < -0.4 is 4.90 Å². The van der Waals surface area contributed by atoms with E-state index in [1.807, 2.05) is 4.90 Å². The van der Waals surface area contributed by atoms with Crippen molar-refractivity contribution in [3.8, 4) is 0 Å². The Kier molecular flexibility index (Phi) is 3.10. The van der Waals surface area contributed by atoms with Crippen LogP contribution in [0.2, 0.25) is 0 Å². The maximum absolute atomic E-state index is 11.3. The van der Waals surface area contributed by atoms with E-state index in [1.54, 1.807) is 24.6 Å². The summed E-state index contributed by atoms with van der Waals surface area (Å²) in [7, 11) is 0. The quantitative estimate of drug-likeness (QED) is 0.795. The van der Waals surface area contributed by atoms with Crippen molar-refractivity contribution in [3.05, 3.63) is 17.3 Å². The molecule has 100 valence electrons. The maximum atomic E-state index is 11.3. The highest BCUT2D eigenvalue weighted by Crippen LogP contribution is 2.31. The minimum absolute atomic E-state index is 0.152. The lowest BCUT2D eigenvalue weighted by atomic mass is 10.2. The predicted molar refractivity (Wildman–Crippen MR) is 76.6 cm³/mol. The summed E-state index contributed by atoms with van der Waals surface area (Å²) in [6, 6.07) is 0. The molecule has 0 unspecified atom stereocenters. The summed E-state index contributed by atoms with van der Waals surface area (Å²) in [6.07, 6.45) is 1.63. The van der Waals surface area contributed by atoms with Crippen molar-refractivity contribution >= 4 is 33.3 Å². The van der Waals surface area contributed by atoms with E-state index in [1.165, 1.54) is 5.56 Å². The number of amides is 1. The standard InChI is InChI=1S/C13H16N4OS/c1-9-7-19-12-11(9)14-8-15-13(12)17-5-3-16(4-6-17)10(2)18/h7-8H,3-6H2,1-2H3. The second-order valence-electron chi connectivity index (χ2n) is 4.79. The van der Waals surface area contributed by atoms with Gasteiger partial charge in [-0.3, -0.25) is 4.79 Å². The summed E-state index contributed by atoms with van der Waals surface area (Å²) in [5.74, 6) is 1.16. The normalized spacial score (nSPS) is 16.1.